The molecule has 116 valence electrons. The van der Waals surface area contributed by atoms with Crippen LogP contribution in [0.5, 0.6) is 0 Å². The monoisotopic (exact) mass is 293 g/mol. The van der Waals surface area contributed by atoms with Gasteiger partial charge < -0.3 is 10.0 Å². The molecule has 2 rings (SSSR count). The van der Waals surface area contributed by atoms with Crippen molar-refractivity contribution in [2.45, 2.75) is 51.1 Å². The van der Waals surface area contributed by atoms with Crippen LogP contribution in [0.15, 0.2) is 0 Å². The normalized spacial score (nSPS) is 27.7. The number of likely N-dealkylation sites (tertiary alicyclic amines) is 1. The van der Waals surface area contributed by atoms with Gasteiger partial charge in [0.2, 0.25) is 5.91 Å². The summed E-state index contributed by atoms with van der Waals surface area (Å²) in [6.07, 6.45) is -0.951. The third kappa shape index (κ3) is 4.36. The lowest BCUT2D eigenvalue weighted by molar-refractivity contribution is -0.151. The minimum atomic E-state index is -4.28. The maximum atomic E-state index is 12.2. The van der Waals surface area contributed by atoms with Crippen LogP contribution in [0.4, 0.5) is 13.2 Å². The van der Waals surface area contributed by atoms with Gasteiger partial charge in [0.05, 0.1) is 13.0 Å². The number of piperidine rings is 1. The van der Waals surface area contributed by atoms with Crippen molar-refractivity contribution in [1.29, 1.82) is 0 Å². The summed E-state index contributed by atoms with van der Waals surface area (Å²) in [4.78, 5) is 13.4. The molecule has 3 nitrogen and oxygen atoms in total. The number of nitrogens with zero attached hydrogens (tertiary/aromatic N) is 1. The summed E-state index contributed by atoms with van der Waals surface area (Å²) < 4.78 is 36.5. The van der Waals surface area contributed by atoms with Gasteiger partial charge in [0, 0.05) is 24.9 Å². The molecular formula is C14H22F3NO2. The smallest absolute Gasteiger partial charge is 0.389 e. The molecule has 0 radical (unpaired) electrons. The van der Waals surface area contributed by atoms with Crippen molar-refractivity contribution in [2.75, 3.05) is 19.7 Å². The fourth-order valence-corrected chi connectivity index (χ4v) is 3.12. The molecule has 0 unspecified atom stereocenters. The zero-order chi connectivity index (χ0) is 14.8. The number of halogens is 3. The molecule has 1 aliphatic carbocycles. The Morgan fingerprint density at radius 3 is 2.60 bits per heavy atom. The van der Waals surface area contributed by atoms with Gasteiger partial charge in [-0.15, -0.1) is 0 Å². The standard InChI is InChI=1S/C14H22F3NO2/c15-14(16,17)6-4-12(20)18-7-1-5-13(9-18,10-19)8-11-2-3-11/h11,19H,1-10H2/t13-/m1/s1. The molecule has 0 aromatic rings. The number of rotatable bonds is 5. The zero-order valence-electron chi connectivity index (χ0n) is 11.6. The van der Waals surface area contributed by atoms with Gasteiger partial charge in [0.1, 0.15) is 0 Å². The molecule has 1 saturated carbocycles. The molecule has 0 bridgehead atoms. The summed E-state index contributed by atoms with van der Waals surface area (Å²) in [6, 6.07) is 0. The van der Waals surface area contributed by atoms with Crippen molar-refractivity contribution in [1.82, 2.24) is 4.90 Å². The van der Waals surface area contributed by atoms with E-state index in [1.165, 1.54) is 17.7 Å². The second-order valence-electron chi connectivity index (χ2n) is 6.34. The Bertz CT molecular complexity index is 355. The van der Waals surface area contributed by atoms with Crippen LogP contribution in [0.2, 0.25) is 0 Å². The Balaban J connectivity index is 1.89. The van der Waals surface area contributed by atoms with Gasteiger partial charge >= 0.3 is 6.18 Å². The lowest BCUT2D eigenvalue weighted by atomic mass is 9.76. The maximum Gasteiger partial charge on any atom is 0.389 e. The maximum absolute atomic E-state index is 12.2. The fourth-order valence-electron chi connectivity index (χ4n) is 3.12. The van der Waals surface area contributed by atoms with E-state index in [9.17, 15) is 23.1 Å². The van der Waals surface area contributed by atoms with E-state index in [0.29, 0.717) is 19.0 Å². The number of aliphatic hydroxyl groups is 1. The van der Waals surface area contributed by atoms with Crippen molar-refractivity contribution in [3.8, 4) is 0 Å². The number of hydrogen-bond acceptors (Lipinski definition) is 2. The summed E-state index contributed by atoms with van der Waals surface area (Å²) in [5.41, 5.74) is -0.284. The third-order valence-corrected chi connectivity index (χ3v) is 4.39. The number of carbonyl (C=O) groups excluding carboxylic acids is 1. The largest absolute Gasteiger partial charge is 0.396 e. The fraction of sp³-hybridized carbons (Fsp3) is 0.929. The Morgan fingerprint density at radius 1 is 1.35 bits per heavy atom. The van der Waals surface area contributed by atoms with Gasteiger partial charge in [-0.05, 0) is 25.2 Å². The van der Waals surface area contributed by atoms with Crippen molar-refractivity contribution in [3.05, 3.63) is 0 Å². The average molecular weight is 293 g/mol. The summed E-state index contributed by atoms with van der Waals surface area (Å²) in [5, 5.41) is 9.66. The zero-order valence-corrected chi connectivity index (χ0v) is 11.6. The quantitative estimate of drug-likeness (QED) is 0.846. The van der Waals surface area contributed by atoms with Crippen LogP contribution in [0.3, 0.4) is 0 Å². The van der Waals surface area contributed by atoms with Gasteiger partial charge in [0.25, 0.3) is 0 Å². The molecule has 1 heterocycles. The predicted octanol–water partition coefficient (Wildman–Crippen LogP) is 2.73. The molecule has 20 heavy (non-hydrogen) atoms. The number of hydrogen-bond donors (Lipinski definition) is 1. The predicted molar refractivity (Wildman–Crippen MR) is 68.0 cm³/mol. The minimum absolute atomic E-state index is 0.0204. The first-order chi connectivity index (χ1) is 9.34. The van der Waals surface area contributed by atoms with E-state index >= 15 is 0 Å². The van der Waals surface area contributed by atoms with Crippen LogP contribution in [-0.2, 0) is 4.79 Å². The van der Waals surface area contributed by atoms with Gasteiger partial charge in [0.15, 0.2) is 0 Å². The van der Waals surface area contributed by atoms with Gasteiger partial charge in [-0.1, -0.05) is 12.8 Å². The Morgan fingerprint density at radius 2 is 2.05 bits per heavy atom. The summed E-state index contributed by atoms with van der Waals surface area (Å²) in [6.45, 7) is 0.951. The first kappa shape index (κ1) is 15.6. The highest BCUT2D eigenvalue weighted by Gasteiger charge is 2.41. The molecule has 2 aliphatic rings. The minimum Gasteiger partial charge on any atom is -0.396 e. The topological polar surface area (TPSA) is 40.5 Å². The van der Waals surface area contributed by atoms with Crippen LogP contribution in [-0.4, -0.2) is 41.8 Å². The highest BCUT2D eigenvalue weighted by molar-refractivity contribution is 5.76. The number of carbonyl (C=O) groups is 1. The van der Waals surface area contributed by atoms with Crippen LogP contribution in [0.25, 0.3) is 0 Å². The van der Waals surface area contributed by atoms with Crippen LogP contribution in [0.1, 0.15) is 44.9 Å². The van der Waals surface area contributed by atoms with Crippen molar-refractivity contribution < 1.29 is 23.1 Å². The molecule has 1 atom stereocenters. The van der Waals surface area contributed by atoms with Crippen LogP contribution in [0, 0.1) is 11.3 Å². The summed E-state index contributed by atoms with van der Waals surface area (Å²) >= 11 is 0. The summed E-state index contributed by atoms with van der Waals surface area (Å²) in [5.74, 6) is 0.197. The van der Waals surface area contributed by atoms with Crippen molar-refractivity contribution >= 4 is 5.91 Å². The third-order valence-electron chi connectivity index (χ3n) is 4.39. The molecule has 1 aliphatic heterocycles. The van der Waals surface area contributed by atoms with E-state index < -0.39 is 24.9 Å². The number of alkyl halides is 3. The molecule has 1 N–H and O–H groups in total. The molecule has 0 aromatic carbocycles. The van der Waals surface area contributed by atoms with E-state index in [0.717, 1.165) is 19.3 Å². The Labute approximate surface area is 117 Å². The SMILES string of the molecule is O=C(CCC(F)(F)F)N1CCC[C@@](CO)(CC2CC2)C1. The Hall–Kier alpha value is -0.780. The lowest BCUT2D eigenvalue weighted by Crippen LogP contribution is -2.48. The van der Waals surface area contributed by atoms with E-state index in [4.69, 9.17) is 0 Å². The molecule has 1 amide bonds. The molecule has 0 aromatic heterocycles. The highest BCUT2D eigenvalue weighted by Crippen LogP contribution is 2.44. The van der Waals surface area contributed by atoms with Gasteiger partial charge in [-0.25, -0.2) is 0 Å². The molecule has 0 spiro atoms. The molecule has 1 saturated heterocycles. The molecular weight excluding hydrogens is 271 g/mol. The van der Waals surface area contributed by atoms with Crippen LogP contribution >= 0.6 is 0 Å². The van der Waals surface area contributed by atoms with E-state index in [-0.39, 0.29) is 12.0 Å². The second kappa shape index (κ2) is 5.92. The van der Waals surface area contributed by atoms with Crippen molar-refractivity contribution in [3.63, 3.8) is 0 Å². The van der Waals surface area contributed by atoms with E-state index in [1.54, 1.807) is 0 Å². The van der Waals surface area contributed by atoms with Gasteiger partial charge in [-0.3, -0.25) is 4.79 Å². The highest BCUT2D eigenvalue weighted by atomic mass is 19.4. The van der Waals surface area contributed by atoms with Crippen molar-refractivity contribution in [2.24, 2.45) is 11.3 Å². The van der Waals surface area contributed by atoms with Crippen LogP contribution < -0.4 is 0 Å². The van der Waals surface area contributed by atoms with E-state index in [2.05, 4.69) is 0 Å². The summed E-state index contributed by atoms with van der Waals surface area (Å²) in [7, 11) is 0. The van der Waals surface area contributed by atoms with Gasteiger partial charge in [-0.2, -0.15) is 13.2 Å². The number of aliphatic hydroxyl groups excluding tert-OH is 1. The Kier molecular flexibility index (Phi) is 4.62. The second-order valence-corrected chi connectivity index (χ2v) is 6.34. The molecule has 6 heteroatoms. The average Bonchev–Trinajstić information content (AvgIpc) is 3.19. The number of amides is 1. The molecule has 2 fully saturated rings. The lowest BCUT2D eigenvalue weighted by Gasteiger charge is -2.42. The first-order valence-electron chi connectivity index (χ1n) is 7.29. The van der Waals surface area contributed by atoms with E-state index in [1.807, 2.05) is 0 Å². The first-order valence-corrected chi connectivity index (χ1v) is 7.29.